The van der Waals surface area contributed by atoms with E-state index in [0.717, 1.165) is 37.5 Å². The van der Waals surface area contributed by atoms with Gasteiger partial charge in [0.1, 0.15) is 5.75 Å². The fourth-order valence-corrected chi connectivity index (χ4v) is 3.14. The number of hydrogen-bond donors (Lipinski definition) is 0. The van der Waals surface area contributed by atoms with Crippen LogP contribution < -0.4 is 9.64 Å². The van der Waals surface area contributed by atoms with E-state index >= 15 is 0 Å². The molecule has 3 rings (SSSR count). The van der Waals surface area contributed by atoms with Crippen LogP contribution in [0.2, 0.25) is 0 Å². The maximum atomic E-state index is 12.7. The van der Waals surface area contributed by atoms with Crippen LogP contribution in [-0.4, -0.2) is 43.6 Å². The first-order chi connectivity index (χ1) is 12.1. The number of benzene rings is 2. The van der Waals surface area contributed by atoms with Crippen molar-refractivity contribution >= 4 is 11.6 Å². The fraction of sp³-hybridized carbons (Fsp3) is 0.381. The van der Waals surface area contributed by atoms with E-state index in [2.05, 4.69) is 30.9 Å². The summed E-state index contributed by atoms with van der Waals surface area (Å²) in [4.78, 5) is 17.0. The zero-order valence-corrected chi connectivity index (χ0v) is 15.3. The molecule has 1 saturated heterocycles. The highest BCUT2D eigenvalue weighted by Crippen LogP contribution is 2.21. The number of hydrogen-bond acceptors (Lipinski definition) is 3. The van der Waals surface area contributed by atoms with Crippen molar-refractivity contribution in [3.8, 4) is 5.75 Å². The van der Waals surface area contributed by atoms with E-state index in [1.54, 1.807) is 0 Å². The molecular weight excluding hydrogens is 312 g/mol. The Hall–Kier alpha value is -2.49. The molecular formula is C21H26N2O2. The van der Waals surface area contributed by atoms with Crippen LogP contribution in [0, 0.1) is 13.8 Å². The largest absolute Gasteiger partial charge is 0.494 e. The second-order valence-corrected chi connectivity index (χ2v) is 6.51. The summed E-state index contributed by atoms with van der Waals surface area (Å²) in [6.07, 6.45) is 0. The van der Waals surface area contributed by atoms with Crippen LogP contribution >= 0.6 is 0 Å². The van der Waals surface area contributed by atoms with Crippen molar-refractivity contribution in [3.63, 3.8) is 0 Å². The molecule has 1 fully saturated rings. The third-order valence-corrected chi connectivity index (χ3v) is 4.83. The third kappa shape index (κ3) is 3.95. The van der Waals surface area contributed by atoms with Gasteiger partial charge in [0.2, 0.25) is 0 Å². The van der Waals surface area contributed by atoms with Gasteiger partial charge in [-0.3, -0.25) is 4.79 Å². The molecule has 1 heterocycles. The van der Waals surface area contributed by atoms with Gasteiger partial charge in [0, 0.05) is 37.4 Å². The van der Waals surface area contributed by atoms with Crippen molar-refractivity contribution in [2.24, 2.45) is 0 Å². The van der Waals surface area contributed by atoms with Crippen molar-refractivity contribution in [1.82, 2.24) is 4.90 Å². The van der Waals surface area contributed by atoms with Crippen LogP contribution in [0.3, 0.4) is 0 Å². The van der Waals surface area contributed by atoms with Crippen molar-refractivity contribution in [2.75, 3.05) is 37.7 Å². The molecule has 0 unspecified atom stereocenters. The third-order valence-electron chi connectivity index (χ3n) is 4.83. The van der Waals surface area contributed by atoms with E-state index in [9.17, 15) is 4.79 Å². The zero-order valence-electron chi connectivity index (χ0n) is 15.3. The summed E-state index contributed by atoms with van der Waals surface area (Å²) in [6, 6.07) is 14.1. The number of rotatable bonds is 4. The predicted molar refractivity (Wildman–Crippen MR) is 102 cm³/mol. The minimum Gasteiger partial charge on any atom is -0.494 e. The van der Waals surface area contributed by atoms with Gasteiger partial charge >= 0.3 is 0 Å². The molecule has 0 atom stereocenters. The number of carbonyl (C=O) groups excluding carboxylic acids is 1. The Morgan fingerprint density at radius 3 is 2.24 bits per heavy atom. The molecule has 0 aromatic heterocycles. The quantitative estimate of drug-likeness (QED) is 0.853. The Kier molecular flexibility index (Phi) is 5.27. The second kappa shape index (κ2) is 7.60. The summed E-state index contributed by atoms with van der Waals surface area (Å²) in [6.45, 7) is 9.99. The van der Waals surface area contributed by atoms with Crippen LogP contribution in [0.5, 0.6) is 5.75 Å². The summed E-state index contributed by atoms with van der Waals surface area (Å²) in [5.74, 6) is 1.03. The molecule has 4 nitrogen and oxygen atoms in total. The molecule has 1 aliphatic heterocycles. The van der Waals surface area contributed by atoms with Crippen molar-refractivity contribution in [1.29, 1.82) is 0 Å². The van der Waals surface area contributed by atoms with Crippen LogP contribution in [0.15, 0.2) is 42.5 Å². The number of amides is 1. The van der Waals surface area contributed by atoms with Gasteiger partial charge in [-0.05, 0) is 68.3 Å². The summed E-state index contributed by atoms with van der Waals surface area (Å²) < 4.78 is 5.49. The van der Waals surface area contributed by atoms with E-state index in [1.807, 2.05) is 42.2 Å². The summed E-state index contributed by atoms with van der Waals surface area (Å²) in [5.41, 5.74) is 4.36. The second-order valence-electron chi connectivity index (χ2n) is 6.51. The molecule has 0 bridgehead atoms. The highest BCUT2D eigenvalue weighted by atomic mass is 16.5. The number of aryl methyl sites for hydroxylation is 2. The Bertz CT molecular complexity index is 732. The molecule has 2 aromatic carbocycles. The normalized spacial score (nSPS) is 14.5. The molecule has 132 valence electrons. The van der Waals surface area contributed by atoms with Gasteiger partial charge in [-0.1, -0.05) is 6.07 Å². The smallest absolute Gasteiger partial charge is 0.253 e. The fourth-order valence-electron chi connectivity index (χ4n) is 3.14. The Labute approximate surface area is 150 Å². The summed E-state index contributed by atoms with van der Waals surface area (Å²) in [5, 5.41) is 0. The lowest BCUT2D eigenvalue weighted by atomic mass is 10.1. The maximum absolute atomic E-state index is 12.7. The predicted octanol–water partition coefficient (Wildman–Crippen LogP) is 3.66. The van der Waals surface area contributed by atoms with Crippen molar-refractivity contribution in [2.45, 2.75) is 20.8 Å². The first-order valence-corrected chi connectivity index (χ1v) is 8.93. The number of anilines is 1. The molecule has 4 heteroatoms. The molecule has 25 heavy (non-hydrogen) atoms. The Morgan fingerprint density at radius 2 is 1.64 bits per heavy atom. The van der Waals surface area contributed by atoms with E-state index in [-0.39, 0.29) is 5.91 Å². The molecule has 0 N–H and O–H groups in total. The molecule has 0 saturated carbocycles. The van der Waals surface area contributed by atoms with Gasteiger partial charge in [0.05, 0.1) is 6.61 Å². The van der Waals surface area contributed by atoms with Gasteiger partial charge in [-0.2, -0.15) is 0 Å². The molecule has 0 spiro atoms. The van der Waals surface area contributed by atoms with Crippen LogP contribution in [0.1, 0.15) is 28.4 Å². The van der Waals surface area contributed by atoms with Crippen LogP contribution in [0.25, 0.3) is 0 Å². The number of piperazine rings is 1. The number of carbonyl (C=O) groups is 1. The minimum atomic E-state index is 0.134. The molecule has 2 aromatic rings. The van der Waals surface area contributed by atoms with Gasteiger partial charge in [0.15, 0.2) is 0 Å². The standard InChI is InChI=1S/C21H26N2O2/c1-4-25-20-9-7-19(8-10-20)22-11-13-23(14-12-22)21(24)18-6-5-16(2)17(3)15-18/h5-10,15H,4,11-14H2,1-3H3. The Morgan fingerprint density at radius 1 is 0.960 bits per heavy atom. The zero-order chi connectivity index (χ0) is 17.8. The highest BCUT2D eigenvalue weighted by Gasteiger charge is 2.22. The first kappa shape index (κ1) is 17.3. The topological polar surface area (TPSA) is 32.8 Å². The maximum Gasteiger partial charge on any atom is 0.253 e. The van der Waals surface area contributed by atoms with Gasteiger partial charge in [0.25, 0.3) is 5.91 Å². The van der Waals surface area contributed by atoms with E-state index < -0.39 is 0 Å². The number of nitrogens with zero attached hydrogens (tertiary/aromatic N) is 2. The molecule has 0 aliphatic carbocycles. The van der Waals surface area contributed by atoms with Gasteiger partial charge in [-0.15, -0.1) is 0 Å². The average molecular weight is 338 g/mol. The highest BCUT2D eigenvalue weighted by molar-refractivity contribution is 5.94. The SMILES string of the molecule is CCOc1ccc(N2CCN(C(=O)c3ccc(C)c(C)c3)CC2)cc1. The van der Waals surface area contributed by atoms with E-state index in [1.165, 1.54) is 16.8 Å². The molecule has 0 radical (unpaired) electrons. The summed E-state index contributed by atoms with van der Waals surface area (Å²) in [7, 11) is 0. The van der Waals surface area contributed by atoms with Crippen LogP contribution in [-0.2, 0) is 0 Å². The monoisotopic (exact) mass is 338 g/mol. The lowest BCUT2D eigenvalue weighted by Crippen LogP contribution is -2.48. The van der Waals surface area contributed by atoms with E-state index in [0.29, 0.717) is 6.61 Å². The van der Waals surface area contributed by atoms with Gasteiger partial charge < -0.3 is 14.5 Å². The Balaban J connectivity index is 1.61. The minimum absolute atomic E-state index is 0.134. The van der Waals surface area contributed by atoms with Crippen molar-refractivity contribution in [3.05, 3.63) is 59.2 Å². The summed E-state index contributed by atoms with van der Waals surface area (Å²) >= 11 is 0. The average Bonchev–Trinajstić information content (AvgIpc) is 2.64. The lowest BCUT2D eigenvalue weighted by molar-refractivity contribution is 0.0746. The molecule has 1 amide bonds. The van der Waals surface area contributed by atoms with Gasteiger partial charge in [-0.25, -0.2) is 0 Å². The van der Waals surface area contributed by atoms with Crippen LogP contribution in [0.4, 0.5) is 5.69 Å². The lowest BCUT2D eigenvalue weighted by Gasteiger charge is -2.36. The molecule has 1 aliphatic rings. The van der Waals surface area contributed by atoms with Crippen molar-refractivity contribution < 1.29 is 9.53 Å². The first-order valence-electron chi connectivity index (χ1n) is 8.93. The number of ether oxygens (including phenoxy) is 1. The van der Waals surface area contributed by atoms with E-state index in [4.69, 9.17) is 4.74 Å².